The van der Waals surface area contributed by atoms with Gasteiger partial charge < -0.3 is 25.8 Å². The molecular formula is C31H37N3O4. The number of hydrogen-bond donors (Lipinski definition) is 4. The SMILES string of the molecule is C[C@]12CC=C3C=C4C(O)C(O)[C@@H](N5CC(N)C5)C(O)[C@]45CCC3(O5)[C@@H]1CCC2c1ccc2ccncc2c1. The number of fused-ring (bicyclic) bond motifs is 2. The molecule has 3 aliphatic carbocycles. The largest absolute Gasteiger partial charge is 0.388 e. The highest BCUT2D eigenvalue weighted by atomic mass is 16.5. The van der Waals surface area contributed by atoms with Crippen LogP contribution in [0, 0.1) is 11.3 Å². The Morgan fingerprint density at radius 3 is 2.68 bits per heavy atom. The number of allylic oxidation sites excluding steroid dienone is 1. The fourth-order valence-corrected chi connectivity index (χ4v) is 9.53. The van der Waals surface area contributed by atoms with Crippen molar-refractivity contribution in [3.63, 3.8) is 0 Å². The van der Waals surface area contributed by atoms with Gasteiger partial charge >= 0.3 is 0 Å². The average Bonchev–Trinajstić information content (AvgIpc) is 3.43. The predicted molar refractivity (Wildman–Crippen MR) is 143 cm³/mol. The minimum Gasteiger partial charge on any atom is -0.388 e. The molecular weight excluding hydrogens is 478 g/mol. The van der Waals surface area contributed by atoms with E-state index in [0.29, 0.717) is 36.9 Å². The molecule has 7 nitrogen and oxygen atoms in total. The van der Waals surface area contributed by atoms with Crippen molar-refractivity contribution >= 4 is 10.8 Å². The Morgan fingerprint density at radius 2 is 1.87 bits per heavy atom. The Balaban J connectivity index is 1.19. The maximum Gasteiger partial charge on any atom is 0.121 e. The molecule has 0 radical (unpaired) electrons. The molecule has 3 aliphatic heterocycles. The molecule has 6 aliphatic rings. The van der Waals surface area contributed by atoms with E-state index in [1.165, 1.54) is 16.3 Å². The summed E-state index contributed by atoms with van der Waals surface area (Å²) < 4.78 is 7.20. The average molecular weight is 516 g/mol. The molecule has 5 unspecified atom stereocenters. The van der Waals surface area contributed by atoms with Gasteiger partial charge in [0.05, 0.1) is 11.6 Å². The first-order valence-electron chi connectivity index (χ1n) is 14.3. The van der Waals surface area contributed by atoms with Gasteiger partial charge in [0.15, 0.2) is 0 Å². The quantitative estimate of drug-likeness (QED) is 0.486. The third-order valence-electron chi connectivity index (χ3n) is 11.4. The van der Waals surface area contributed by atoms with E-state index >= 15 is 0 Å². The van der Waals surface area contributed by atoms with E-state index in [-0.39, 0.29) is 11.5 Å². The fourth-order valence-electron chi connectivity index (χ4n) is 9.53. The van der Waals surface area contributed by atoms with Crippen molar-refractivity contribution in [3.05, 3.63) is 65.5 Å². The van der Waals surface area contributed by atoms with Crippen molar-refractivity contribution in [2.75, 3.05) is 13.1 Å². The molecule has 5 N–H and O–H groups in total. The standard InChI is InChI=1S/C31H37N3O4/c1-29-8-6-20-13-23-26(35)27(36)25(34-15-21(32)16-34)28(37)31(23)10-9-30(20,38-31)24(29)5-4-22(29)18-3-2-17-7-11-33-14-19(17)12-18/h2-3,6-7,11-14,21-22,24-28,35-37H,4-5,8-10,15-16,32H2,1H3/t22?,24-,25-,26?,27?,28?,29-,30?,31+/m1/s1. The minimum atomic E-state index is -1.07. The lowest BCUT2D eigenvalue weighted by atomic mass is 9.58. The van der Waals surface area contributed by atoms with E-state index in [1.54, 1.807) is 0 Å². The van der Waals surface area contributed by atoms with Gasteiger partial charge in [-0.05, 0) is 83.6 Å². The molecule has 2 saturated carbocycles. The normalized spacial score (nSPS) is 46.1. The van der Waals surface area contributed by atoms with Crippen LogP contribution in [-0.4, -0.2) is 79.9 Å². The van der Waals surface area contributed by atoms with Crippen LogP contribution in [0.2, 0.25) is 0 Å². The van der Waals surface area contributed by atoms with E-state index < -0.39 is 35.6 Å². The Hall–Kier alpha value is -2.13. The highest BCUT2D eigenvalue weighted by Crippen LogP contribution is 2.69. The third kappa shape index (κ3) is 2.82. The van der Waals surface area contributed by atoms with Gasteiger partial charge in [0.25, 0.3) is 0 Å². The zero-order valence-corrected chi connectivity index (χ0v) is 21.8. The number of pyridine rings is 1. The number of benzene rings is 1. The summed E-state index contributed by atoms with van der Waals surface area (Å²) in [5.74, 6) is 0.725. The number of likely N-dealkylation sites (tertiary alicyclic amines) is 1. The van der Waals surface area contributed by atoms with E-state index in [9.17, 15) is 15.3 Å². The van der Waals surface area contributed by atoms with Gasteiger partial charge in [-0.25, -0.2) is 0 Å². The van der Waals surface area contributed by atoms with Crippen LogP contribution >= 0.6 is 0 Å². The molecule has 1 aromatic carbocycles. The van der Waals surface area contributed by atoms with Crippen LogP contribution in [-0.2, 0) is 4.74 Å². The zero-order chi connectivity index (χ0) is 26.0. The van der Waals surface area contributed by atoms with Crippen molar-refractivity contribution < 1.29 is 20.1 Å². The number of aliphatic hydroxyl groups is 3. The number of aliphatic hydroxyl groups excluding tert-OH is 3. The Labute approximate surface area is 223 Å². The van der Waals surface area contributed by atoms with Crippen LogP contribution in [0.1, 0.15) is 50.5 Å². The van der Waals surface area contributed by atoms with E-state index in [2.05, 4.69) is 48.3 Å². The second kappa shape index (κ2) is 7.74. The van der Waals surface area contributed by atoms with Gasteiger partial charge in [-0.2, -0.15) is 0 Å². The minimum absolute atomic E-state index is 0.0254. The molecule has 4 heterocycles. The van der Waals surface area contributed by atoms with Crippen LogP contribution in [0.4, 0.5) is 0 Å². The summed E-state index contributed by atoms with van der Waals surface area (Å²) in [6, 6.07) is 8.34. The summed E-state index contributed by atoms with van der Waals surface area (Å²) in [5, 5.41) is 36.6. The van der Waals surface area contributed by atoms with Gasteiger partial charge in [-0.3, -0.25) is 9.88 Å². The van der Waals surface area contributed by atoms with Crippen LogP contribution in [0.3, 0.4) is 0 Å². The first-order chi connectivity index (χ1) is 18.3. The van der Waals surface area contributed by atoms with Gasteiger partial charge in [-0.15, -0.1) is 0 Å². The molecule has 1 aromatic heterocycles. The predicted octanol–water partition coefficient (Wildman–Crippen LogP) is 2.40. The molecule has 200 valence electrons. The molecule has 38 heavy (non-hydrogen) atoms. The first kappa shape index (κ1) is 23.7. The smallest absolute Gasteiger partial charge is 0.121 e. The van der Waals surface area contributed by atoms with E-state index in [4.69, 9.17) is 10.5 Å². The van der Waals surface area contributed by atoms with Crippen LogP contribution < -0.4 is 5.73 Å². The second-order valence-corrected chi connectivity index (χ2v) is 13.1. The number of hydrogen-bond acceptors (Lipinski definition) is 7. The molecule has 2 aromatic rings. The van der Waals surface area contributed by atoms with Crippen LogP contribution in [0.25, 0.3) is 10.8 Å². The van der Waals surface area contributed by atoms with Crippen molar-refractivity contribution in [2.24, 2.45) is 17.1 Å². The molecule has 2 bridgehead atoms. The number of nitrogens with two attached hydrogens (primary N) is 1. The summed E-state index contributed by atoms with van der Waals surface area (Å²) in [5.41, 5.74) is 7.78. The number of ether oxygens (including phenoxy) is 1. The molecule has 9 atom stereocenters. The van der Waals surface area contributed by atoms with Crippen LogP contribution in [0.5, 0.6) is 0 Å². The van der Waals surface area contributed by atoms with E-state index in [1.807, 2.05) is 17.3 Å². The molecule has 4 fully saturated rings. The summed E-state index contributed by atoms with van der Waals surface area (Å²) in [7, 11) is 0. The maximum atomic E-state index is 11.8. The molecule has 2 spiro atoms. The highest BCUT2D eigenvalue weighted by Gasteiger charge is 2.71. The fraction of sp³-hybridized carbons (Fsp3) is 0.581. The van der Waals surface area contributed by atoms with Gasteiger partial charge in [-0.1, -0.05) is 31.2 Å². The number of nitrogens with zero attached hydrogens (tertiary/aromatic N) is 2. The van der Waals surface area contributed by atoms with Crippen molar-refractivity contribution in [3.8, 4) is 0 Å². The van der Waals surface area contributed by atoms with Crippen molar-refractivity contribution in [1.82, 2.24) is 9.88 Å². The Kier molecular flexibility index (Phi) is 4.84. The monoisotopic (exact) mass is 515 g/mol. The van der Waals surface area contributed by atoms with Gasteiger partial charge in [0, 0.05) is 36.9 Å². The van der Waals surface area contributed by atoms with Gasteiger partial charge in [0.2, 0.25) is 0 Å². The van der Waals surface area contributed by atoms with Gasteiger partial charge in [0.1, 0.15) is 23.9 Å². The summed E-state index contributed by atoms with van der Waals surface area (Å²) in [6.45, 7) is 3.65. The second-order valence-electron chi connectivity index (χ2n) is 13.1. The molecule has 8 rings (SSSR count). The maximum absolute atomic E-state index is 11.8. The first-order valence-corrected chi connectivity index (χ1v) is 14.3. The molecule has 2 saturated heterocycles. The Bertz CT molecular complexity index is 1390. The van der Waals surface area contributed by atoms with E-state index in [0.717, 1.165) is 31.3 Å². The number of aromatic nitrogens is 1. The number of rotatable bonds is 2. The lowest BCUT2D eigenvalue weighted by molar-refractivity contribution is -0.221. The third-order valence-corrected chi connectivity index (χ3v) is 11.4. The topological polar surface area (TPSA) is 112 Å². The lowest BCUT2D eigenvalue weighted by Gasteiger charge is -2.59. The highest BCUT2D eigenvalue weighted by molar-refractivity contribution is 5.82. The van der Waals surface area contributed by atoms with Crippen molar-refractivity contribution in [1.29, 1.82) is 0 Å². The summed E-state index contributed by atoms with van der Waals surface area (Å²) in [4.78, 5) is 6.36. The lowest BCUT2D eigenvalue weighted by Crippen LogP contribution is -2.74. The summed E-state index contributed by atoms with van der Waals surface area (Å²) in [6.07, 6.45) is 9.73. The van der Waals surface area contributed by atoms with Crippen LogP contribution in [0.15, 0.2) is 60.0 Å². The molecule has 0 amide bonds. The van der Waals surface area contributed by atoms with Crippen molar-refractivity contribution in [2.45, 2.75) is 86.5 Å². The molecule has 7 heteroatoms. The Morgan fingerprint density at radius 1 is 1.05 bits per heavy atom. The zero-order valence-electron chi connectivity index (χ0n) is 21.8. The summed E-state index contributed by atoms with van der Waals surface area (Å²) >= 11 is 0.